The highest BCUT2D eigenvalue weighted by Gasteiger charge is 2.10. The fourth-order valence-electron chi connectivity index (χ4n) is 2.55. The molecule has 0 radical (unpaired) electrons. The van der Waals surface area contributed by atoms with Crippen LogP contribution < -0.4 is 5.32 Å². The Morgan fingerprint density at radius 3 is 2.58 bits per heavy atom. The van der Waals surface area contributed by atoms with E-state index in [4.69, 9.17) is 16.1 Å². The van der Waals surface area contributed by atoms with Crippen molar-refractivity contribution in [2.45, 2.75) is 25.7 Å². The second-order valence-corrected chi connectivity index (χ2v) is 6.39. The lowest BCUT2D eigenvalue weighted by Crippen LogP contribution is -2.25. The lowest BCUT2D eigenvalue weighted by molar-refractivity contribution is -0.121. The van der Waals surface area contributed by atoms with Gasteiger partial charge in [-0.25, -0.2) is 0 Å². The van der Waals surface area contributed by atoms with E-state index in [1.165, 1.54) is 5.56 Å². The van der Waals surface area contributed by atoms with Crippen LogP contribution in [-0.4, -0.2) is 22.6 Å². The maximum Gasteiger partial charge on any atom is 0.227 e. The van der Waals surface area contributed by atoms with Gasteiger partial charge in [-0.1, -0.05) is 47.1 Å². The first-order valence-corrected chi connectivity index (χ1v) is 8.97. The number of carbonyl (C=O) groups is 1. The molecule has 0 aliphatic carbocycles. The number of hydrogen-bond donors (Lipinski definition) is 1. The largest absolute Gasteiger partial charge is 0.356 e. The highest BCUT2D eigenvalue weighted by atomic mass is 35.5. The van der Waals surface area contributed by atoms with E-state index in [1.807, 2.05) is 30.3 Å². The molecule has 0 spiro atoms. The number of rotatable bonds is 8. The first-order chi connectivity index (χ1) is 12.7. The number of carbonyl (C=O) groups excluding carboxylic acids is 1. The number of aryl methyl sites for hydroxylation is 2. The molecule has 0 saturated heterocycles. The molecule has 6 heteroatoms. The van der Waals surface area contributed by atoms with Gasteiger partial charge in [0.05, 0.1) is 0 Å². The van der Waals surface area contributed by atoms with Crippen LogP contribution in [0.1, 0.15) is 24.3 Å². The number of benzene rings is 2. The molecule has 0 saturated carbocycles. The van der Waals surface area contributed by atoms with Gasteiger partial charge in [0, 0.05) is 30.0 Å². The molecule has 134 valence electrons. The lowest BCUT2D eigenvalue weighted by atomic mass is 10.1. The normalized spacial score (nSPS) is 10.7. The zero-order chi connectivity index (χ0) is 18.2. The topological polar surface area (TPSA) is 68.0 Å². The number of nitrogens with one attached hydrogen (secondary N) is 1. The van der Waals surface area contributed by atoms with Crippen LogP contribution in [0.25, 0.3) is 11.4 Å². The maximum atomic E-state index is 11.9. The summed E-state index contributed by atoms with van der Waals surface area (Å²) in [6.45, 7) is 0.660. The van der Waals surface area contributed by atoms with Crippen molar-refractivity contribution in [3.63, 3.8) is 0 Å². The third-order valence-electron chi connectivity index (χ3n) is 3.94. The molecule has 0 fully saturated rings. The van der Waals surface area contributed by atoms with Crippen molar-refractivity contribution in [2.24, 2.45) is 0 Å². The van der Waals surface area contributed by atoms with Gasteiger partial charge in [0.15, 0.2) is 0 Å². The average molecular weight is 370 g/mol. The minimum absolute atomic E-state index is 0.00990. The van der Waals surface area contributed by atoms with Gasteiger partial charge in [0.25, 0.3) is 0 Å². The average Bonchev–Trinajstić information content (AvgIpc) is 3.14. The fourth-order valence-corrected chi connectivity index (χ4v) is 2.67. The van der Waals surface area contributed by atoms with Crippen LogP contribution in [0.2, 0.25) is 5.02 Å². The predicted octanol–water partition coefficient (Wildman–Crippen LogP) is 4.07. The SMILES string of the molecule is O=C(CCc1nc(-c2ccc(Cl)cc2)no1)NCCCc1ccccc1. The van der Waals surface area contributed by atoms with Gasteiger partial charge in [-0.05, 0) is 42.7 Å². The van der Waals surface area contributed by atoms with Gasteiger partial charge in [-0.3, -0.25) is 4.79 Å². The van der Waals surface area contributed by atoms with Crippen molar-refractivity contribution in [3.8, 4) is 11.4 Å². The Bertz CT molecular complexity index is 832. The second kappa shape index (κ2) is 9.15. The summed E-state index contributed by atoms with van der Waals surface area (Å²) >= 11 is 5.87. The molecule has 1 amide bonds. The van der Waals surface area contributed by atoms with Crippen molar-refractivity contribution < 1.29 is 9.32 Å². The summed E-state index contributed by atoms with van der Waals surface area (Å²) in [6.07, 6.45) is 2.62. The minimum Gasteiger partial charge on any atom is -0.356 e. The number of amides is 1. The lowest BCUT2D eigenvalue weighted by Gasteiger charge is -2.04. The highest BCUT2D eigenvalue weighted by Crippen LogP contribution is 2.18. The Balaban J connectivity index is 1.38. The van der Waals surface area contributed by atoms with Gasteiger partial charge in [0.1, 0.15) is 0 Å². The van der Waals surface area contributed by atoms with Crippen molar-refractivity contribution >= 4 is 17.5 Å². The third kappa shape index (κ3) is 5.43. The van der Waals surface area contributed by atoms with Crippen LogP contribution in [0, 0.1) is 0 Å². The molecule has 0 aliphatic rings. The van der Waals surface area contributed by atoms with Crippen molar-refractivity contribution in [1.29, 1.82) is 0 Å². The maximum absolute atomic E-state index is 11.9. The number of hydrogen-bond acceptors (Lipinski definition) is 4. The smallest absolute Gasteiger partial charge is 0.227 e. The molecule has 0 atom stereocenters. The minimum atomic E-state index is -0.00990. The van der Waals surface area contributed by atoms with Gasteiger partial charge < -0.3 is 9.84 Å². The molecule has 1 N–H and O–H groups in total. The predicted molar refractivity (Wildman–Crippen MR) is 101 cm³/mol. The Hall–Kier alpha value is -2.66. The molecule has 0 aliphatic heterocycles. The van der Waals surface area contributed by atoms with E-state index in [-0.39, 0.29) is 5.91 Å². The zero-order valence-corrected chi connectivity index (χ0v) is 15.1. The number of aromatic nitrogens is 2. The van der Waals surface area contributed by atoms with Crippen LogP contribution in [0.15, 0.2) is 59.1 Å². The molecule has 26 heavy (non-hydrogen) atoms. The summed E-state index contributed by atoms with van der Waals surface area (Å²) in [4.78, 5) is 16.2. The molecule has 3 rings (SSSR count). The molecule has 1 heterocycles. The summed E-state index contributed by atoms with van der Waals surface area (Å²) in [5.74, 6) is 0.943. The summed E-state index contributed by atoms with van der Waals surface area (Å²) in [6, 6.07) is 17.4. The van der Waals surface area contributed by atoms with E-state index >= 15 is 0 Å². The monoisotopic (exact) mass is 369 g/mol. The van der Waals surface area contributed by atoms with Gasteiger partial charge in [0.2, 0.25) is 17.6 Å². The number of nitrogens with zero attached hydrogens (tertiary/aromatic N) is 2. The summed E-state index contributed by atoms with van der Waals surface area (Å²) < 4.78 is 5.21. The Kier molecular flexibility index (Phi) is 6.39. The van der Waals surface area contributed by atoms with Gasteiger partial charge >= 0.3 is 0 Å². The Labute approximate surface area is 157 Å². The van der Waals surface area contributed by atoms with Crippen molar-refractivity contribution in [3.05, 3.63) is 71.1 Å². The zero-order valence-electron chi connectivity index (χ0n) is 14.3. The Morgan fingerprint density at radius 2 is 1.81 bits per heavy atom. The van der Waals surface area contributed by atoms with Crippen LogP contribution >= 0.6 is 11.6 Å². The van der Waals surface area contributed by atoms with Crippen LogP contribution in [0.5, 0.6) is 0 Å². The van der Waals surface area contributed by atoms with E-state index in [2.05, 4.69) is 27.6 Å². The van der Waals surface area contributed by atoms with Crippen molar-refractivity contribution in [2.75, 3.05) is 6.54 Å². The highest BCUT2D eigenvalue weighted by molar-refractivity contribution is 6.30. The van der Waals surface area contributed by atoms with E-state index in [9.17, 15) is 4.79 Å². The van der Waals surface area contributed by atoms with E-state index in [0.717, 1.165) is 18.4 Å². The molecular weight excluding hydrogens is 350 g/mol. The quantitative estimate of drug-likeness (QED) is 0.608. The standard InChI is InChI=1S/C20H20ClN3O2/c21-17-10-8-16(9-11-17)20-23-19(26-24-20)13-12-18(25)22-14-4-7-15-5-2-1-3-6-15/h1-3,5-6,8-11H,4,7,12-14H2,(H,22,25). The molecule has 3 aromatic rings. The molecular formula is C20H20ClN3O2. The Morgan fingerprint density at radius 1 is 1.04 bits per heavy atom. The molecule has 1 aromatic heterocycles. The van der Waals surface area contributed by atoms with Crippen molar-refractivity contribution in [1.82, 2.24) is 15.5 Å². The third-order valence-corrected chi connectivity index (χ3v) is 4.20. The molecule has 5 nitrogen and oxygen atoms in total. The summed E-state index contributed by atoms with van der Waals surface area (Å²) in [5, 5.41) is 7.52. The van der Waals surface area contributed by atoms with E-state index < -0.39 is 0 Å². The molecule has 0 bridgehead atoms. The first kappa shape index (κ1) is 18.1. The van der Waals surface area contributed by atoms with E-state index in [0.29, 0.717) is 36.1 Å². The van der Waals surface area contributed by atoms with Crippen LogP contribution in [0.4, 0.5) is 0 Å². The second-order valence-electron chi connectivity index (χ2n) is 5.96. The summed E-state index contributed by atoms with van der Waals surface area (Å²) in [5.41, 5.74) is 2.11. The van der Waals surface area contributed by atoms with Gasteiger partial charge in [-0.2, -0.15) is 4.98 Å². The fraction of sp³-hybridized carbons (Fsp3) is 0.250. The molecule has 2 aromatic carbocycles. The van der Waals surface area contributed by atoms with Crippen LogP contribution in [-0.2, 0) is 17.6 Å². The van der Waals surface area contributed by atoms with E-state index in [1.54, 1.807) is 12.1 Å². The summed E-state index contributed by atoms with van der Waals surface area (Å²) in [7, 11) is 0. The van der Waals surface area contributed by atoms with Crippen LogP contribution in [0.3, 0.4) is 0 Å². The molecule has 0 unspecified atom stereocenters. The number of halogens is 1. The van der Waals surface area contributed by atoms with Gasteiger partial charge in [-0.15, -0.1) is 0 Å². The first-order valence-electron chi connectivity index (χ1n) is 8.60.